The zero-order chi connectivity index (χ0) is 21.6. The molecule has 0 bridgehead atoms. The van der Waals surface area contributed by atoms with Crippen molar-refractivity contribution in [1.82, 2.24) is 10.8 Å². The van der Waals surface area contributed by atoms with Gasteiger partial charge in [0, 0.05) is 34.4 Å². The molecular formula is C20H20N4O5. The van der Waals surface area contributed by atoms with Gasteiger partial charge in [0.1, 0.15) is 6.04 Å². The first kappa shape index (κ1) is 21.6. The van der Waals surface area contributed by atoms with Crippen LogP contribution >= 0.6 is 0 Å². The van der Waals surface area contributed by atoms with E-state index < -0.39 is 28.3 Å². The van der Waals surface area contributed by atoms with Crippen LogP contribution < -0.4 is 16.5 Å². The zero-order valence-corrected chi connectivity index (χ0v) is 15.8. The molecule has 0 aliphatic heterocycles. The Balaban J connectivity index is 2.11. The van der Waals surface area contributed by atoms with Crippen molar-refractivity contribution in [2.45, 2.75) is 25.4 Å². The van der Waals surface area contributed by atoms with Gasteiger partial charge in [-0.3, -0.25) is 24.9 Å². The summed E-state index contributed by atoms with van der Waals surface area (Å²) in [6.07, 6.45) is 0. The maximum Gasteiger partial charge on any atom is 0.269 e. The van der Waals surface area contributed by atoms with Gasteiger partial charge in [0.2, 0.25) is 0 Å². The number of benzene rings is 2. The highest BCUT2D eigenvalue weighted by molar-refractivity contribution is 5.97. The Bertz CT molecular complexity index is 967. The molecule has 9 heteroatoms. The fraction of sp³-hybridized carbons (Fsp3) is 0.200. The number of hydrogen-bond donors (Lipinski definition) is 4. The minimum absolute atomic E-state index is 0.0141. The Morgan fingerprint density at radius 1 is 1.07 bits per heavy atom. The number of nitrogens with two attached hydrogens (primary N) is 1. The summed E-state index contributed by atoms with van der Waals surface area (Å²) in [5.41, 5.74) is 7.79. The highest BCUT2D eigenvalue weighted by Crippen LogP contribution is 2.12. The van der Waals surface area contributed by atoms with Crippen LogP contribution in [0, 0.1) is 22.0 Å². The lowest BCUT2D eigenvalue weighted by molar-refractivity contribution is -0.384. The van der Waals surface area contributed by atoms with Gasteiger partial charge in [0.05, 0.1) is 4.92 Å². The molecule has 0 aliphatic carbocycles. The maximum absolute atomic E-state index is 12.4. The number of nitro benzene ring substituents is 1. The van der Waals surface area contributed by atoms with E-state index in [4.69, 9.17) is 10.9 Å². The lowest BCUT2D eigenvalue weighted by atomic mass is 9.95. The first-order valence-corrected chi connectivity index (χ1v) is 8.52. The Labute approximate surface area is 167 Å². The minimum Gasteiger partial charge on any atom is -0.338 e. The van der Waals surface area contributed by atoms with E-state index in [9.17, 15) is 19.7 Å². The van der Waals surface area contributed by atoms with Crippen LogP contribution in [-0.2, 0) is 4.79 Å². The van der Waals surface area contributed by atoms with Gasteiger partial charge in [-0.15, -0.1) is 0 Å². The molecule has 0 spiro atoms. The summed E-state index contributed by atoms with van der Waals surface area (Å²) in [7, 11) is 0. The maximum atomic E-state index is 12.4. The Morgan fingerprint density at radius 2 is 1.55 bits per heavy atom. The Kier molecular flexibility index (Phi) is 6.67. The lowest BCUT2D eigenvalue weighted by Crippen LogP contribution is -2.61. The van der Waals surface area contributed by atoms with Crippen molar-refractivity contribution in [3.8, 4) is 11.8 Å². The highest BCUT2D eigenvalue weighted by atomic mass is 16.6. The summed E-state index contributed by atoms with van der Waals surface area (Å²) in [6.45, 7) is 3.09. The standard InChI is InChI=1S/C20H20N4O5/c1-20(2,21)17(19(26)23-27)22-18(25)15-9-5-13(6-10-15)3-4-14-7-11-16(12-8-14)24(28)29/h5-12,17,27H,21H2,1-2H3,(H,22,25)(H,23,26). The number of hydrogen-bond acceptors (Lipinski definition) is 6. The van der Waals surface area contributed by atoms with Crippen LogP contribution in [0.15, 0.2) is 48.5 Å². The molecule has 9 nitrogen and oxygen atoms in total. The molecule has 1 atom stereocenters. The predicted octanol–water partition coefficient (Wildman–Crippen LogP) is 1.34. The van der Waals surface area contributed by atoms with E-state index in [1.54, 1.807) is 38.1 Å². The highest BCUT2D eigenvalue weighted by Gasteiger charge is 2.33. The van der Waals surface area contributed by atoms with Crippen molar-refractivity contribution in [1.29, 1.82) is 0 Å². The monoisotopic (exact) mass is 396 g/mol. The second-order valence-electron chi connectivity index (χ2n) is 6.84. The summed E-state index contributed by atoms with van der Waals surface area (Å²) in [5.74, 6) is 4.42. The fourth-order valence-electron chi connectivity index (χ4n) is 2.38. The van der Waals surface area contributed by atoms with E-state index in [2.05, 4.69) is 17.2 Å². The summed E-state index contributed by atoms with van der Waals surface area (Å²) in [6, 6.07) is 11.0. The van der Waals surface area contributed by atoms with Crippen LogP contribution in [0.4, 0.5) is 5.69 Å². The zero-order valence-electron chi connectivity index (χ0n) is 15.8. The van der Waals surface area contributed by atoms with Crippen molar-refractivity contribution in [2.75, 3.05) is 0 Å². The Morgan fingerprint density at radius 3 is 1.97 bits per heavy atom. The number of carbonyl (C=O) groups is 2. The normalized spacial score (nSPS) is 11.6. The van der Waals surface area contributed by atoms with E-state index in [1.165, 1.54) is 29.7 Å². The van der Waals surface area contributed by atoms with Crippen molar-refractivity contribution in [2.24, 2.45) is 5.73 Å². The summed E-state index contributed by atoms with van der Waals surface area (Å²) >= 11 is 0. The predicted molar refractivity (Wildman–Crippen MR) is 105 cm³/mol. The van der Waals surface area contributed by atoms with Crippen molar-refractivity contribution in [3.63, 3.8) is 0 Å². The average Bonchev–Trinajstić information content (AvgIpc) is 2.69. The van der Waals surface area contributed by atoms with Gasteiger partial charge in [-0.2, -0.15) is 0 Å². The largest absolute Gasteiger partial charge is 0.338 e. The van der Waals surface area contributed by atoms with Gasteiger partial charge in [0.15, 0.2) is 0 Å². The number of carbonyl (C=O) groups excluding carboxylic acids is 2. The molecule has 5 N–H and O–H groups in total. The molecule has 1 unspecified atom stereocenters. The van der Waals surface area contributed by atoms with E-state index in [-0.39, 0.29) is 11.3 Å². The third-order valence-electron chi connectivity index (χ3n) is 3.97. The fourth-order valence-corrected chi connectivity index (χ4v) is 2.38. The number of amides is 2. The first-order valence-electron chi connectivity index (χ1n) is 8.52. The third-order valence-corrected chi connectivity index (χ3v) is 3.97. The van der Waals surface area contributed by atoms with Crippen LogP contribution in [0.25, 0.3) is 0 Å². The van der Waals surface area contributed by atoms with Gasteiger partial charge < -0.3 is 11.1 Å². The van der Waals surface area contributed by atoms with Gasteiger partial charge in [0.25, 0.3) is 17.5 Å². The van der Waals surface area contributed by atoms with Gasteiger partial charge in [-0.25, -0.2) is 5.48 Å². The molecular weight excluding hydrogens is 376 g/mol. The summed E-state index contributed by atoms with van der Waals surface area (Å²) in [4.78, 5) is 34.3. The van der Waals surface area contributed by atoms with Crippen molar-refractivity contribution >= 4 is 17.5 Å². The van der Waals surface area contributed by atoms with E-state index in [0.29, 0.717) is 11.1 Å². The van der Waals surface area contributed by atoms with Gasteiger partial charge in [-0.1, -0.05) is 11.8 Å². The number of nitrogens with one attached hydrogen (secondary N) is 2. The molecule has 0 saturated carbocycles. The van der Waals surface area contributed by atoms with Crippen LogP contribution in [0.5, 0.6) is 0 Å². The second-order valence-corrected chi connectivity index (χ2v) is 6.84. The van der Waals surface area contributed by atoms with Crippen LogP contribution in [0.2, 0.25) is 0 Å². The quantitative estimate of drug-likeness (QED) is 0.259. The lowest BCUT2D eigenvalue weighted by Gasteiger charge is -2.29. The summed E-state index contributed by atoms with van der Waals surface area (Å²) in [5, 5.41) is 22.0. The summed E-state index contributed by atoms with van der Waals surface area (Å²) < 4.78 is 0. The molecule has 2 aromatic rings. The number of nitro groups is 1. The van der Waals surface area contributed by atoms with Crippen LogP contribution in [0.3, 0.4) is 0 Å². The molecule has 150 valence electrons. The molecule has 0 saturated heterocycles. The Hall–Kier alpha value is -3.74. The second kappa shape index (κ2) is 8.97. The molecule has 2 rings (SSSR count). The van der Waals surface area contributed by atoms with Crippen LogP contribution in [0.1, 0.15) is 35.3 Å². The number of hydroxylamine groups is 1. The molecule has 2 amide bonds. The molecule has 29 heavy (non-hydrogen) atoms. The van der Waals surface area contributed by atoms with E-state index in [0.717, 1.165) is 0 Å². The number of non-ortho nitro benzene ring substituents is 1. The van der Waals surface area contributed by atoms with Gasteiger partial charge >= 0.3 is 0 Å². The molecule has 2 aromatic carbocycles. The topological polar surface area (TPSA) is 148 Å². The minimum atomic E-state index is -1.14. The first-order chi connectivity index (χ1) is 13.6. The molecule has 0 aliphatic rings. The van der Waals surface area contributed by atoms with E-state index >= 15 is 0 Å². The van der Waals surface area contributed by atoms with Crippen LogP contribution in [-0.4, -0.2) is 33.5 Å². The molecule has 0 aromatic heterocycles. The third kappa shape index (κ3) is 5.87. The number of nitrogens with zero attached hydrogens (tertiary/aromatic N) is 1. The van der Waals surface area contributed by atoms with E-state index in [1.807, 2.05) is 0 Å². The SMILES string of the molecule is CC(C)(N)C(NC(=O)c1ccc(C#Cc2ccc([N+](=O)[O-])cc2)cc1)C(=O)NO. The molecule has 0 radical (unpaired) electrons. The number of rotatable bonds is 5. The smallest absolute Gasteiger partial charge is 0.269 e. The van der Waals surface area contributed by atoms with Gasteiger partial charge in [-0.05, 0) is 50.2 Å². The molecule has 0 fully saturated rings. The van der Waals surface area contributed by atoms with Crippen molar-refractivity contribution in [3.05, 3.63) is 75.3 Å². The average molecular weight is 396 g/mol. The molecule has 0 heterocycles. The van der Waals surface area contributed by atoms with Crippen molar-refractivity contribution < 1.29 is 19.7 Å².